The summed E-state index contributed by atoms with van der Waals surface area (Å²) in [4.78, 5) is 52.6. The number of primary amides is 1. The molecular weight excluding hydrogens is 918 g/mol. The van der Waals surface area contributed by atoms with Gasteiger partial charge in [-0.05, 0) is 117 Å². The van der Waals surface area contributed by atoms with E-state index in [-0.39, 0.29) is 45.7 Å². The smallest absolute Gasteiger partial charge is 0.411 e. The molecule has 17 heteroatoms. The number of phenolic OH excluding ortho intramolecular Hbond substituents is 1. The number of hydrogen-bond acceptors (Lipinski definition) is 11. The maximum atomic E-state index is 13.1. The Labute approximate surface area is 409 Å². The maximum Gasteiger partial charge on any atom is 0.411 e. The Bertz CT molecular complexity index is 2710. The highest BCUT2D eigenvalue weighted by Crippen LogP contribution is 2.43. The minimum Gasteiger partial charge on any atom is -0.506 e. The summed E-state index contributed by atoms with van der Waals surface area (Å²) in [6.45, 7) is 17.1. The fraction of sp³-hybridized carbons (Fsp3) is 0.423. The van der Waals surface area contributed by atoms with Crippen LogP contribution >= 0.6 is 11.6 Å². The Morgan fingerprint density at radius 1 is 0.899 bits per heavy atom. The second kappa shape index (κ2) is 22.1. The molecule has 3 amide bonds. The molecule has 1 aromatic heterocycles. The molecule has 0 bridgehead atoms. The van der Waals surface area contributed by atoms with Crippen LogP contribution in [0.3, 0.4) is 0 Å². The number of carbonyl (C=O) groups is 3. The number of benzene rings is 4. The molecule has 5 aromatic rings. The van der Waals surface area contributed by atoms with Gasteiger partial charge in [0.25, 0.3) is 0 Å². The molecule has 7 N–H and O–H groups in total. The van der Waals surface area contributed by atoms with Gasteiger partial charge in [-0.15, -0.1) is 0 Å². The molecular formula is C52H66ClN5O10Si. The van der Waals surface area contributed by atoms with Crippen LogP contribution in [0.1, 0.15) is 102 Å². The molecule has 0 unspecified atom stereocenters. The van der Waals surface area contributed by atoms with Crippen molar-refractivity contribution < 1.29 is 42.9 Å². The predicted octanol–water partition coefficient (Wildman–Crippen LogP) is 11.2. The van der Waals surface area contributed by atoms with Crippen molar-refractivity contribution in [3.63, 3.8) is 0 Å². The number of amides is 3. The molecule has 15 nitrogen and oxygen atoms in total. The average Bonchev–Trinajstić information content (AvgIpc) is 3.26. The largest absolute Gasteiger partial charge is 0.506 e. The number of H-pyrrole nitrogens is 1. The van der Waals surface area contributed by atoms with E-state index in [0.717, 1.165) is 53.5 Å². The molecule has 1 atom stereocenters. The van der Waals surface area contributed by atoms with Gasteiger partial charge in [0, 0.05) is 54.2 Å². The highest BCUT2D eigenvalue weighted by atomic mass is 35.5. The Morgan fingerprint density at radius 2 is 1.62 bits per heavy atom. The number of nitrogens with one attached hydrogen (secondary N) is 4. The van der Waals surface area contributed by atoms with Crippen LogP contribution in [-0.4, -0.2) is 68.6 Å². The first kappa shape index (κ1) is 52.3. The molecule has 1 heterocycles. The van der Waals surface area contributed by atoms with Gasteiger partial charge in [0.15, 0.2) is 8.32 Å². The number of nitrogens with two attached hydrogens (primary N) is 1. The third-order valence-electron chi connectivity index (χ3n) is 12.8. The van der Waals surface area contributed by atoms with E-state index in [9.17, 15) is 24.3 Å². The van der Waals surface area contributed by atoms with Gasteiger partial charge in [-0.1, -0.05) is 74.8 Å². The third kappa shape index (κ3) is 13.8. The quantitative estimate of drug-likeness (QED) is 0.0512. The molecule has 0 aliphatic heterocycles. The molecule has 0 radical (unpaired) electrons. The number of methoxy groups -OCH3 is 1. The Kier molecular flexibility index (Phi) is 16.8. The van der Waals surface area contributed by atoms with Crippen LogP contribution in [-0.2, 0) is 26.9 Å². The van der Waals surface area contributed by atoms with Crippen LogP contribution in [0.4, 0.5) is 20.1 Å². The number of phenols is 1. The van der Waals surface area contributed by atoms with Gasteiger partial charge in [-0.2, -0.15) is 0 Å². The van der Waals surface area contributed by atoms with E-state index in [1.807, 2.05) is 57.2 Å². The molecule has 0 spiro atoms. The topological polar surface area (TPSA) is 213 Å². The van der Waals surface area contributed by atoms with Crippen molar-refractivity contribution in [2.24, 2.45) is 5.73 Å². The third-order valence-corrected chi connectivity index (χ3v) is 17.6. The normalized spacial score (nSPS) is 15.8. The highest BCUT2D eigenvalue weighted by molar-refractivity contribution is 6.74. The summed E-state index contributed by atoms with van der Waals surface area (Å²) in [6, 6.07) is 23.4. The number of aromatic hydroxyl groups is 1. The van der Waals surface area contributed by atoms with Crippen LogP contribution in [0.2, 0.25) is 23.2 Å². The number of halogens is 1. The van der Waals surface area contributed by atoms with Gasteiger partial charge < -0.3 is 49.8 Å². The number of hydrogen-bond donors (Lipinski definition) is 6. The number of rotatable bonds is 16. The van der Waals surface area contributed by atoms with E-state index in [4.69, 9.17) is 40.7 Å². The summed E-state index contributed by atoms with van der Waals surface area (Å²) < 4.78 is 29.2. The number of carbonyl (C=O) groups excluding carboxylic acids is 3. The molecule has 6 rings (SSSR count). The van der Waals surface area contributed by atoms with Gasteiger partial charge in [0.2, 0.25) is 5.56 Å². The number of fused-ring (bicyclic) bond motifs is 1. The second-order valence-electron chi connectivity index (χ2n) is 20.0. The molecule has 1 aliphatic rings. The minimum absolute atomic E-state index is 0.000375. The lowest BCUT2D eigenvalue weighted by Gasteiger charge is -2.39. The number of alkyl carbamates (subject to hydrolysis) is 1. The summed E-state index contributed by atoms with van der Waals surface area (Å²) in [6.07, 6.45) is 1.06. The van der Waals surface area contributed by atoms with Crippen molar-refractivity contribution >= 4 is 54.8 Å². The molecule has 1 aliphatic carbocycles. The van der Waals surface area contributed by atoms with Crippen molar-refractivity contribution in [1.29, 1.82) is 0 Å². The summed E-state index contributed by atoms with van der Waals surface area (Å²) in [5, 5.41) is 20.7. The van der Waals surface area contributed by atoms with E-state index in [2.05, 4.69) is 60.9 Å². The summed E-state index contributed by atoms with van der Waals surface area (Å²) in [5.74, 6) is 0.950. The van der Waals surface area contributed by atoms with E-state index < -0.39 is 38.3 Å². The van der Waals surface area contributed by atoms with Crippen LogP contribution in [0.25, 0.3) is 22.0 Å². The van der Waals surface area contributed by atoms with Crippen molar-refractivity contribution in [2.45, 2.75) is 122 Å². The zero-order valence-corrected chi connectivity index (χ0v) is 42.7. The number of ether oxygens (including phenoxy) is 4. The fourth-order valence-corrected chi connectivity index (χ4v) is 9.82. The second-order valence-corrected chi connectivity index (χ2v) is 25.1. The first-order chi connectivity index (χ1) is 32.5. The Hall–Kier alpha value is -6.07. The van der Waals surface area contributed by atoms with Gasteiger partial charge in [-0.3, -0.25) is 10.1 Å². The van der Waals surface area contributed by atoms with E-state index in [1.165, 1.54) is 13.2 Å². The van der Waals surface area contributed by atoms with Crippen molar-refractivity contribution in [2.75, 3.05) is 25.6 Å². The highest BCUT2D eigenvalue weighted by Gasteiger charge is 2.40. The van der Waals surface area contributed by atoms with Gasteiger partial charge in [-0.25, -0.2) is 14.4 Å². The monoisotopic (exact) mass is 983 g/mol. The first-order valence-electron chi connectivity index (χ1n) is 23.2. The lowest BCUT2D eigenvalue weighted by atomic mass is 9.79. The Morgan fingerprint density at radius 3 is 2.30 bits per heavy atom. The molecule has 370 valence electrons. The maximum absolute atomic E-state index is 13.1. The van der Waals surface area contributed by atoms with E-state index in [1.54, 1.807) is 30.3 Å². The molecule has 69 heavy (non-hydrogen) atoms. The Balaban J connectivity index is 1.08. The first-order valence-corrected chi connectivity index (χ1v) is 26.5. The SMILES string of the molecule is COc1cc(NC(=O)OCCc2ccc(-c3ccccc3C3CCC(NC(=O)OC(C)(C)C)CC3)c(OC(N)=O)c2)c(Cl)cc1CNC[C@H](O[Si](C)(C)C(C)(C)C)c1ccc(O)c2[nH]c(=O)ccc12. The van der Waals surface area contributed by atoms with E-state index in [0.29, 0.717) is 47.4 Å². The van der Waals surface area contributed by atoms with Crippen molar-refractivity contribution in [1.82, 2.24) is 15.6 Å². The van der Waals surface area contributed by atoms with Crippen LogP contribution < -0.4 is 36.7 Å². The fourth-order valence-electron chi connectivity index (χ4n) is 8.31. The number of pyridine rings is 1. The molecule has 0 saturated heterocycles. The van der Waals surface area contributed by atoms with Crippen molar-refractivity contribution in [3.8, 4) is 28.4 Å². The lowest BCUT2D eigenvalue weighted by Crippen LogP contribution is -2.43. The van der Waals surface area contributed by atoms with E-state index >= 15 is 0 Å². The van der Waals surface area contributed by atoms with Gasteiger partial charge in [0.05, 0.1) is 36.0 Å². The number of anilines is 1. The van der Waals surface area contributed by atoms with Crippen molar-refractivity contribution in [3.05, 3.63) is 116 Å². The van der Waals surface area contributed by atoms with Crippen LogP contribution in [0.15, 0.2) is 83.7 Å². The predicted molar refractivity (Wildman–Crippen MR) is 272 cm³/mol. The van der Waals surface area contributed by atoms with Gasteiger partial charge in [0.1, 0.15) is 22.8 Å². The molecule has 1 saturated carbocycles. The van der Waals surface area contributed by atoms with Crippen LogP contribution in [0.5, 0.6) is 17.2 Å². The average molecular weight is 985 g/mol. The lowest BCUT2D eigenvalue weighted by molar-refractivity contribution is 0.0491. The minimum atomic E-state index is -2.32. The summed E-state index contributed by atoms with van der Waals surface area (Å²) in [7, 11) is -0.789. The number of aromatic nitrogens is 1. The summed E-state index contributed by atoms with van der Waals surface area (Å²) in [5.41, 5.74) is 10.3. The molecule has 4 aromatic carbocycles. The summed E-state index contributed by atoms with van der Waals surface area (Å²) >= 11 is 6.73. The molecule has 1 fully saturated rings. The zero-order valence-electron chi connectivity index (χ0n) is 41.0. The van der Waals surface area contributed by atoms with Gasteiger partial charge >= 0.3 is 18.3 Å². The standard InChI is InChI=1S/C52H66ClN5O10Si/c1-51(2,3)67-50(63)56-34-17-15-32(16-18-34)35-12-10-11-13-36(35)37-19-14-31(26-44(37)66-48(54)61)24-25-65-49(62)57-41-28-43(64-7)33(27-40(41)53)29-55-30-45(68-69(8,9)52(4,5)6)38-20-22-42(59)47-39(38)21-23-46(60)58-47/h10-14,19-23,26-28,32,34,45,55,59H,15-18,24-25,29-30H2,1-9H3,(H2,54,61)(H,56,63)(H,57,62)(H,58,60)/t32?,34?,45-/m0/s1. The number of aromatic amines is 1. The van der Waals surface area contributed by atoms with Crippen LogP contribution in [0, 0.1) is 0 Å². The zero-order chi connectivity index (χ0) is 50.3.